The number of halogens is 1. The lowest BCUT2D eigenvalue weighted by molar-refractivity contribution is 0.414. The number of rotatable bonds is 7. The van der Waals surface area contributed by atoms with Crippen LogP contribution >= 0.6 is 0 Å². The third kappa shape index (κ3) is 4.06. The zero-order valence-electron chi connectivity index (χ0n) is 17.1. The molecule has 0 saturated heterocycles. The molecule has 0 bridgehead atoms. The van der Waals surface area contributed by atoms with Crippen LogP contribution in [0.2, 0.25) is 0 Å². The molecule has 0 fully saturated rings. The fourth-order valence-corrected chi connectivity index (χ4v) is 3.60. The van der Waals surface area contributed by atoms with E-state index in [1.807, 2.05) is 42.1 Å². The number of fused-ring (bicyclic) bond motifs is 1. The minimum atomic E-state index is -0.257. The molecular formula is C25H24FN3O. The maximum absolute atomic E-state index is 13.3. The summed E-state index contributed by atoms with van der Waals surface area (Å²) in [5, 5.41) is 9.14. The van der Waals surface area contributed by atoms with Crippen molar-refractivity contribution in [3.63, 3.8) is 0 Å². The molecule has 1 heterocycles. The SMILES string of the molecule is C/C=C(\NCCc1cccc(OC)c1)c1cccc2c1cnn2-c1ccc(F)cc1. The van der Waals surface area contributed by atoms with Crippen molar-refractivity contribution >= 4 is 16.6 Å². The van der Waals surface area contributed by atoms with Gasteiger partial charge in [0.05, 0.1) is 24.5 Å². The van der Waals surface area contributed by atoms with E-state index in [-0.39, 0.29) is 5.82 Å². The molecule has 152 valence electrons. The molecule has 1 N–H and O–H groups in total. The second kappa shape index (κ2) is 8.82. The Hall–Kier alpha value is -3.60. The Morgan fingerprint density at radius 3 is 2.67 bits per heavy atom. The van der Waals surface area contributed by atoms with Gasteiger partial charge in [-0.3, -0.25) is 0 Å². The van der Waals surface area contributed by atoms with Crippen LogP contribution in [0.4, 0.5) is 4.39 Å². The van der Waals surface area contributed by atoms with E-state index in [0.29, 0.717) is 0 Å². The van der Waals surface area contributed by atoms with Crippen molar-refractivity contribution in [1.29, 1.82) is 0 Å². The Morgan fingerprint density at radius 2 is 1.90 bits per heavy atom. The molecule has 0 radical (unpaired) electrons. The Kier molecular flexibility index (Phi) is 5.80. The standard InChI is InChI=1S/C25H24FN3O/c1-3-24(27-15-14-18-6-4-7-21(16-18)30-2)22-8-5-9-25-23(22)17-28-29(25)20-12-10-19(26)11-13-20/h3-13,16-17,27H,14-15H2,1-2H3/b24-3-. The van der Waals surface area contributed by atoms with Gasteiger partial charge in [0, 0.05) is 23.2 Å². The maximum Gasteiger partial charge on any atom is 0.123 e. The van der Waals surface area contributed by atoms with Gasteiger partial charge in [0.25, 0.3) is 0 Å². The minimum Gasteiger partial charge on any atom is -0.497 e. The molecule has 0 saturated carbocycles. The van der Waals surface area contributed by atoms with Gasteiger partial charge in [0.1, 0.15) is 11.6 Å². The van der Waals surface area contributed by atoms with Crippen LogP contribution in [0.1, 0.15) is 18.1 Å². The van der Waals surface area contributed by atoms with Crippen LogP contribution in [0.25, 0.3) is 22.3 Å². The summed E-state index contributed by atoms with van der Waals surface area (Å²) < 4.78 is 20.4. The highest BCUT2D eigenvalue weighted by molar-refractivity contribution is 5.92. The number of hydrogen-bond donors (Lipinski definition) is 1. The summed E-state index contributed by atoms with van der Waals surface area (Å²) >= 11 is 0. The fourth-order valence-electron chi connectivity index (χ4n) is 3.60. The molecule has 0 aliphatic carbocycles. The van der Waals surface area contributed by atoms with Crippen LogP contribution in [-0.4, -0.2) is 23.4 Å². The van der Waals surface area contributed by atoms with Crippen molar-refractivity contribution in [3.8, 4) is 11.4 Å². The molecule has 3 aromatic carbocycles. The maximum atomic E-state index is 13.3. The van der Waals surface area contributed by atoms with Gasteiger partial charge in [-0.25, -0.2) is 9.07 Å². The molecule has 0 amide bonds. The summed E-state index contributed by atoms with van der Waals surface area (Å²) in [5.74, 6) is 0.615. The molecule has 0 aliphatic heterocycles. The van der Waals surface area contributed by atoms with Gasteiger partial charge < -0.3 is 10.1 Å². The largest absolute Gasteiger partial charge is 0.497 e. The Balaban J connectivity index is 1.56. The van der Waals surface area contributed by atoms with Crippen molar-refractivity contribution in [1.82, 2.24) is 15.1 Å². The highest BCUT2D eigenvalue weighted by Crippen LogP contribution is 2.26. The third-order valence-electron chi connectivity index (χ3n) is 5.13. The third-order valence-corrected chi connectivity index (χ3v) is 5.13. The van der Waals surface area contributed by atoms with Crippen molar-refractivity contribution in [2.75, 3.05) is 13.7 Å². The normalized spacial score (nSPS) is 11.6. The zero-order valence-corrected chi connectivity index (χ0v) is 17.1. The van der Waals surface area contributed by atoms with Crippen molar-refractivity contribution in [2.24, 2.45) is 0 Å². The molecule has 0 aliphatic rings. The van der Waals surface area contributed by atoms with E-state index >= 15 is 0 Å². The van der Waals surface area contributed by atoms with Crippen LogP contribution in [0, 0.1) is 5.82 Å². The van der Waals surface area contributed by atoms with Crippen LogP contribution in [0.3, 0.4) is 0 Å². The summed E-state index contributed by atoms with van der Waals surface area (Å²) in [6.07, 6.45) is 4.83. The van der Waals surface area contributed by atoms with Gasteiger partial charge in [-0.05, 0) is 61.4 Å². The van der Waals surface area contributed by atoms with E-state index in [4.69, 9.17) is 4.74 Å². The van der Waals surface area contributed by atoms with Crippen LogP contribution in [0.15, 0.2) is 79.0 Å². The van der Waals surface area contributed by atoms with Crippen molar-refractivity contribution < 1.29 is 9.13 Å². The number of aromatic nitrogens is 2. The van der Waals surface area contributed by atoms with E-state index in [1.54, 1.807) is 19.2 Å². The van der Waals surface area contributed by atoms with E-state index < -0.39 is 0 Å². The summed E-state index contributed by atoms with van der Waals surface area (Å²) in [4.78, 5) is 0. The lowest BCUT2D eigenvalue weighted by atomic mass is 10.1. The summed E-state index contributed by atoms with van der Waals surface area (Å²) in [7, 11) is 1.68. The van der Waals surface area contributed by atoms with Gasteiger partial charge in [-0.15, -0.1) is 0 Å². The highest BCUT2D eigenvalue weighted by Gasteiger charge is 2.11. The topological polar surface area (TPSA) is 39.1 Å². The summed E-state index contributed by atoms with van der Waals surface area (Å²) in [6.45, 7) is 2.83. The van der Waals surface area contributed by atoms with E-state index in [9.17, 15) is 4.39 Å². The molecular weight excluding hydrogens is 377 g/mol. The summed E-state index contributed by atoms with van der Waals surface area (Å²) in [6, 6.07) is 20.6. The molecule has 5 heteroatoms. The van der Waals surface area contributed by atoms with Gasteiger partial charge in [-0.1, -0.05) is 30.3 Å². The highest BCUT2D eigenvalue weighted by atomic mass is 19.1. The molecule has 4 rings (SSSR count). The number of nitrogens with one attached hydrogen (secondary N) is 1. The molecule has 4 nitrogen and oxygen atoms in total. The van der Waals surface area contributed by atoms with Crippen LogP contribution in [-0.2, 0) is 6.42 Å². The predicted molar refractivity (Wildman–Crippen MR) is 119 cm³/mol. The van der Waals surface area contributed by atoms with Gasteiger partial charge in [0.2, 0.25) is 0 Å². The number of methoxy groups -OCH3 is 1. The quantitative estimate of drug-likeness (QED) is 0.453. The number of nitrogens with zero attached hydrogens (tertiary/aromatic N) is 2. The van der Waals surface area contributed by atoms with E-state index in [2.05, 4.69) is 34.7 Å². The zero-order chi connectivity index (χ0) is 20.9. The Morgan fingerprint density at radius 1 is 1.10 bits per heavy atom. The number of ether oxygens (including phenoxy) is 1. The summed E-state index contributed by atoms with van der Waals surface area (Å²) in [5.41, 5.74) is 5.18. The average Bonchev–Trinajstić information content (AvgIpc) is 3.22. The monoisotopic (exact) mass is 401 g/mol. The number of allylic oxidation sites excluding steroid dienone is 1. The molecule has 0 spiro atoms. The van der Waals surface area contributed by atoms with Crippen LogP contribution in [0.5, 0.6) is 5.75 Å². The van der Waals surface area contributed by atoms with Crippen molar-refractivity contribution in [2.45, 2.75) is 13.3 Å². The fraction of sp³-hybridized carbons (Fsp3) is 0.160. The van der Waals surface area contributed by atoms with Gasteiger partial charge >= 0.3 is 0 Å². The van der Waals surface area contributed by atoms with E-state index in [0.717, 1.165) is 46.6 Å². The first-order valence-electron chi connectivity index (χ1n) is 9.96. The molecule has 1 aromatic heterocycles. The molecule has 30 heavy (non-hydrogen) atoms. The van der Waals surface area contributed by atoms with E-state index in [1.165, 1.54) is 17.7 Å². The number of hydrogen-bond acceptors (Lipinski definition) is 3. The molecule has 0 atom stereocenters. The molecule has 0 unspecified atom stereocenters. The van der Waals surface area contributed by atoms with Gasteiger partial charge in [-0.2, -0.15) is 5.10 Å². The first-order chi connectivity index (χ1) is 14.7. The Labute approximate surface area is 175 Å². The average molecular weight is 401 g/mol. The van der Waals surface area contributed by atoms with Crippen molar-refractivity contribution in [3.05, 3.63) is 95.9 Å². The number of benzene rings is 3. The second-order valence-electron chi connectivity index (χ2n) is 7.00. The lowest BCUT2D eigenvalue weighted by Crippen LogP contribution is -2.16. The first kappa shape index (κ1) is 19.7. The molecule has 4 aromatic rings. The van der Waals surface area contributed by atoms with Gasteiger partial charge in [0.15, 0.2) is 0 Å². The predicted octanol–water partition coefficient (Wildman–Crippen LogP) is 5.37. The van der Waals surface area contributed by atoms with Crippen LogP contribution < -0.4 is 10.1 Å². The first-order valence-corrected chi connectivity index (χ1v) is 9.96. The lowest BCUT2D eigenvalue weighted by Gasteiger charge is -2.13. The smallest absolute Gasteiger partial charge is 0.123 e. The second-order valence-corrected chi connectivity index (χ2v) is 7.00. The Bertz CT molecular complexity index is 1180. The minimum absolute atomic E-state index is 0.257.